The summed E-state index contributed by atoms with van der Waals surface area (Å²) in [6.45, 7) is 2.84. The van der Waals surface area contributed by atoms with E-state index in [4.69, 9.17) is 4.74 Å². The second-order valence-corrected chi connectivity index (χ2v) is 6.27. The number of benzene rings is 1. The van der Waals surface area contributed by atoms with E-state index in [9.17, 15) is 9.59 Å². The molecule has 4 heteroatoms. The van der Waals surface area contributed by atoms with Crippen LogP contribution in [0.2, 0.25) is 0 Å². The quantitative estimate of drug-likeness (QED) is 0.598. The van der Waals surface area contributed by atoms with E-state index in [0.717, 1.165) is 19.1 Å². The summed E-state index contributed by atoms with van der Waals surface area (Å²) in [5.41, 5.74) is 0.933. The maximum absolute atomic E-state index is 12.7. The molecule has 1 aliphatic rings. The van der Waals surface area contributed by atoms with E-state index in [0.29, 0.717) is 29.6 Å². The molecule has 3 atom stereocenters. The van der Waals surface area contributed by atoms with Gasteiger partial charge in [-0.25, -0.2) is 0 Å². The molecule has 0 aliphatic heterocycles. The van der Waals surface area contributed by atoms with Crippen LogP contribution in [0.25, 0.3) is 0 Å². The maximum atomic E-state index is 12.7. The molecule has 0 spiro atoms. The van der Waals surface area contributed by atoms with Crippen LogP contribution in [0.3, 0.4) is 0 Å². The number of allylic oxidation sites excluding steroid dienone is 1. The van der Waals surface area contributed by atoms with E-state index >= 15 is 0 Å². The number of amides is 1. The van der Waals surface area contributed by atoms with Gasteiger partial charge in [0.05, 0.1) is 12.2 Å². The maximum Gasteiger partial charge on any atom is 0.254 e. The van der Waals surface area contributed by atoms with Gasteiger partial charge >= 0.3 is 0 Å². The fourth-order valence-corrected chi connectivity index (χ4v) is 3.31. The predicted octanol–water partition coefficient (Wildman–Crippen LogP) is 3.19. The lowest BCUT2D eigenvalue weighted by Crippen LogP contribution is -2.36. The van der Waals surface area contributed by atoms with Crippen LogP contribution in [0, 0.1) is 11.8 Å². The highest BCUT2D eigenvalue weighted by Crippen LogP contribution is 2.35. The van der Waals surface area contributed by atoms with Gasteiger partial charge in [-0.2, -0.15) is 0 Å². The van der Waals surface area contributed by atoms with Crippen LogP contribution in [-0.2, 0) is 4.74 Å². The van der Waals surface area contributed by atoms with E-state index in [2.05, 4.69) is 13.0 Å². The van der Waals surface area contributed by atoms with Crippen LogP contribution in [0.5, 0.6) is 0 Å². The molecule has 0 bridgehead atoms. The van der Waals surface area contributed by atoms with Crippen LogP contribution in [0.4, 0.5) is 0 Å². The molecule has 1 aromatic rings. The average molecular weight is 315 g/mol. The molecule has 0 aromatic heterocycles. The zero-order chi connectivity index (χ0) is 16.8. The molecule has 2 rings (SSSR count). The molecule has 0 heterocycles. The fourth-order valence-electron chi connectivity index (χ4n) is 3.31. The van der Waals surface area contributed by atoms with Crippen LogP contribution < -0.4 is 0 Å². The second-order valence-electron chi connectivity index (χ2n) is 6.27. The minimum absolute atomic E-state index is 0.0774. The highest BCUT2D eigenvalue weighted by molar-refractivity contribution is 6.01. The summed E-state index contributed by atoms with van der Waals surface area (Å²) in [5, 5.41) is 0. The van der Waals surface area contributed by atoms with Crippen molar-refractivity contribution < 1.29 is 14.3 Å². The normalized spacial score (nSPS) is 24.0. The fraction of sp³-hybridized carbons (Fsp3) is 0.474. The minimum Gasteiger partial charge on any atom is -0.381 e. The topological polar surface area (TPSA) is 46.6 Å². The molecule has 0 radical (unpaired) electrons. The highest BCUT2D eigenvalue weighted by Gasteiger charge is 2.34. The number of rotatable bonds is 6. The van der Waals surface area contributed by atoms with Gasteiger partial charge in [0.15, 0.2) is 6.29 Å². The van der Waals surface area contributed by atoms with E-state index in [1.54, 1.807) is 36.3 Å². The third kappa shape index (κ3) is 4.08. The predicted molar refractivity (Wildman–Crippen MR) is 90.6 cm³/mol. The van der Waals surface area contributed by atoms with Crippen molar-refractivity contribution in [3.8, 4) is 0 Å². The lowest BCUT2D eigenvalue weighted by molar-refractivity contribution is 0.0729. The van der Waals surface area contributed by atoms with Gasteiger partial charge in [-0.05, 0) is 30.7 Å². The largest absolute Gasteiger partial charge is 0.381 e. The first-order valence-electron chi connectivity index (χ1n) is 8.05. The van der Waals surface area contributed by atoms with Gasteiger partial charge in [-0.3, -0.25) is 9.59 Å². The van der Waals surface area contributed by atoms with E-state index in [-0.39, 0.29) is 11.9 Å². The van der Waals surface area contributed by atoms with Crippen molar-refractivity contribution >= 4 is 12.2 Å². The molecule has 1 aromatic carbocycles. The first-order valence-corrected chi connectivity index (χ1v) is 8.05. The molecule has 23 heavy (non-hydrogen) atoms. The number of hydrogen-bond acceptors (Lipinski definition) is 3. The number of nitrogens with zero attached hydrogens (tertiary/aromatic N) is 1. The monoisotopic (exact) mass is 315 g/mol. The number of aldehydes is 1. The smallest absolute Gasteiger partial charge is 0.254 e. The molecule has 1 saturated carbocycles. The zero-order valence-corrected chi connectivity index (χ0v) is 14.1. The third-order valence-corrected chi connectivity index (χ3v) is 4.75. The van der Waals surface area contributed by atoms with Gasteiger partial charge < -0.3 is 9.64 Å². The number of ether oxygens (including phenoxy) is 1. The molecule has 1 amide bonds. The lowest BCUT2D eigenvalue weighted by Gasteiger charge is -2.25. The molecule has 0 saturated heterocycles. The Morgan fingerprint density at radius 1 is 1.35 bits per heavy atom. The van der Waals surface area contributed by atoms with Crippen LogP contribution in [0.15, 0.2) is 36.4 Å². The second kappa shape index (κ2) is 8.06. The SMILES string of the molecule is COC/C=C/[C@H]1C[C@@H](N(C)C(=O)c2ccccc2C=O)C[C@H]1C. The first kappa shape index (κ1) is 17.4. The van der Waals surface area contributed by atoms with Crippen molar-refractivity contribution in [1.82, 2.24) is 4.90 Å². The molecule has 1 aliphatic carbocycles. The molecule has 124 valence electrons. The summed E-state index contributed by atoms with van der Waals surface area (Å²) >= 11 is 0. The summed E-state index contributed by atoms with van der Waals surface area (Å²) in [6, 6.07) is 7.17. The number of carbonyl (C=O) groups is 2. The van der Waals surface area contributed by atoms with Gasteiger partial charge in [0.1, 0.15) is 0 Å². The summed E-state index contributed by atoms with van der Waals surface area (Å²) in [7, 11) is 3.52. The summed E-state index contributed by atoms with van der Waals surface area (Å²) in [5.74, 6) is 0.919. The van der Waals surface area contributed by atoms with E-state index < -0.39 is 0 Å². The average Bonchev–Trinajstić information content (AvgIpc) is 2.94. The Morgan fingerprint density at radius 2 is 2.09 bits per heavy atom. The minimum atomic E-state index is -0.0774. The molecular formula is C19H25NO3. The standard InChI is InChI=1S/C19H25NO3/c1-14-11-17(12-15(14)8-6-10-23-3)20(2)19(22)18-9-5-4-7-16(18)13-21/h4-9,13-15,17H,10-12H2,1-3H3/b8-6+/t14-,15+,17+/m1/s1. The van der Waals surface area contributed by atoms with Crippen molar-refractivity contribution in [2.75, 3.05) is 20.8 Å². The summed E-state index contributed by atoms with van der Waals surface area (Å²) in [6.07, 6.45) is 6.92. The van der Waals surface area contributed by atoms with Gasteiger partial charge in [0.2, 0.25) is 0 Å². The number of hydrogen-bond donors (Lipinski definition) is 0. The summed E-state index contributed by atoms with van der Waals surface area (Å²) < 4.78 is 5.05. The van der Waals surface area contributed by atoms with Gasteiger partial charge in [-0.15, -0.1) is 0 Å². The molecule has 0 unspecified atom stereocenters. The highest BCUT2D eigenvalue weighted by atomic mass is 16.5. The van der Waals surface area contributed by atoms with Crippen molar-refractivity contribution in [3.05, 3.63) is 47.5 Å². The van der Waals surface area contributed by atoms with Crippen LogP contribution >= 0.6 is 0 Å². The van der Waals surface area contributed by atoms with Gasteiger partial charge in [0.25, 0.3) is 5.91 Å². The molecular weight excluding hydrogens is 290 g/mol. The Morgan fingerprint density at radius 3 is 2.78 bits per heavy atom. The molecule has 0 N–H and O–H groups in total. The van der Waals surface area contributed by atoms with E-state index in [1.165, 1.54) is 0 Å². The number of methoxy groups -OCH3 is 1. The zero-order valence-electron chi connectivity index (χ0n) is 14.1. The van der Waals surface area contributed by atoms with Crippen LogP contribution in [-0.4, -0.2) is 43.9 Å². The van der Waals surface area contributed by atoms with Crippen molar-refractivity contribution in [1.29, 1.82) is 0 Å². The molecule has 4 nitrogen and oxygen atoms in total. The Kier molecular flexibility index (Phi) is 6.11. The van der Waals surface area contributed by atoms with Gasteiger partial charge in [0, 0.05) is 25.8 Å². The Hall–Kier alpha value is -1.94. The van der Waals surface area contributed by atoms with Crippen molar-refractivity contribution in [2.24, 2.45) is 11.8 Å². The first-order chi connectivity index (χ1) is 11.1. The Bertz CT molecular complexity index is 582. The molecule has 1 fully saturated rings. The van der Waals surface area contributed by atoms with Gasteiger partial charge in [-0.1, -0.05) is 37.3 Å². The third-order valence-electron chi connectivity index (χ3n) is 4.75. The van der Waals surface area contributed by atoms with E-state index in [1.807, 2.05) is 13.1 Å². The summed E-state index contributed by atoms with van der Waals surface area (Å²) in [4.78, 5) is 25.6. The van der Waals surface area contributed by atoms with Crippen molar-refractivity contribution in [3.63, 3.8) is 0 Å². The Labute approximate surface area is 138 Å². The Balaban J connectivity index is 2.07. The van der Waals surface area contributed by atoms with Crippen LogP contribution in [0.1, 0.15) is 40.5 Å². The lowest BCUT2D eigenvalue weighted by atomic mass is 9.98. The number of carbonyl (C=O) groups excluding carboxylic acids is 2. The van der Waals surface area contributed by atoms with Crippen molar-refractivity contribution in [2.45, 2.75) is 25.8 Å².